The summed E-state index contributed by atoms with van der Waals surface area (Å²) in [6.45, 7) is 0.619. The molecule has 0 aliphatic heterocycles. The SMILES string of the molecule is COCOc1ccc(C(C=O)CN(C)C(=O)OCC2c3ccccc3-c3ccccc32)cc1. The second kappa shape index (κ2) is 10.3. The number of likely N-dealkylation sites (N-methyl/N-ethyl adjacent to an activating group) is 1. The Morgan fingerprint density at radius 3 is 2.15 bits per heavy atom. The molecule has 0 saturated heterocycles. The van der Waals surface area contributed by atoms with Crippen molar-refractivity contribution in [2.45, 2.75) is 11.8 Å². The van der Waals surface area contributed by atoms with E-state index in [1.807, 2.05) is 36.4 Å². The van der Waals surface area contributed by atoms with E-state index in [-0.39, 0.29) is 25.9 Å². The summed E-state index contributed by atoms with van der Waals surface area (Å²) in [5.74, 6) is 0.179. The monoisotopic (exact) mass is 445 g/mol. The summed E-state index contributed by atoms with van der Waals surface area (Å²) in [6, 6.07) is 23.6. The van der Waals surface area contributed by atoms with Gasteiger partial charge in [0.1, 0.15) is 18.6 Å². The molecule has 1 atom stereocenters. The lowest BCUT2D eigenvalue weighted by atomic mass is 9.98. The molecule has 3 aromatic carbocycles. The van der Waals surface area contributed by atoms with Gasteiger partial charge in [0.15, 0.2) is 6.79 Å². The van der Waals surface area contributed by atoms with E-state index in [9.17, 15) is 9.59 Å². The van der Waals surface area contributed by atoms with Gasteiger partial charge >= 0.3 is 6.09 Å². The fraction of sp³-hybridized carbons (Fsp3) is 0.259. The number of carbonyl (C=O) groups excluding carboxylic acids is 2. The molecule has 6 nitrogen and oxygen atoms in total. The summed E-state index contributed by atoms with van der Waals surface area (Å²) in [5, 5.41) is 0. The molecule has 0 heterocycles. The zero-order chi connectivity index (χ0) is 23.2. The number of amides is 1. The van der Waals surface area contributed by atoms with Crippen LogP contribution in [0.3, 0.4) is 0 Å². The van der Waals surface area contributed by atoms with Crippen molar-refractivity contribution < 1.29 is 23.8 Å². The highest BCUT2D eigenvalue weighted by Crippen LogP contribution is 2.44. The Bertz CT molecular complexity index is 1070. The third kappa shape index (κ3) is 4.91. The number of fused-ring (bicyclic) bond motifs is 3. The molecule has 170 valence electrons. The smallest absolute Gasteiger partial charge is 0.409 e. The van der Waals surface area contributed by atoms with E-state index < -0.39 is 12.0 Å². The Labute approximate surface area is 193 Å². The van der Waals surface area contributed by atoms with Gasteiger partial charge in [0.05, 0.1) is 5.92 Å². The molecule has 0 bridgehead atoms. The van der Waals surface area contributed by atoms with Crippen LogP contribution in [0.1, 0.15) is 28.5 Å². The average Bonchev–Trinajstić information content (AvgIpc) is 3.18. The lowest BCUT2D eigenvalue weighted by molar-refractivity contribution is -0.109. The van der Waals surface area contributed by atoms with E-state index in [4.69, 9.17) is 14.2 Å². The van der Waals surface area contributed by atoms with Crippen LogP contribution in [0.4, 0.5) is 4.79 Å². The highest BCUT2D eigenvalue weighted by molar-refractivity contribution is 5.79. The molecule has 1 unspecified atom stereocenters. The number of aldehydes is 1. The van der Waals surface area contributed by atoms with Gasteiger partial charge in [0.25, 0.3) is 0 Å². The molecule has 0 fully saturated rings. The molecule has 0 saturated carbocycles. The first-order valence-electron chi connectivity index (χ1n) is 10.9. The molecule has 1 aliphatic carbocycles. The topological polar surface area (TPSA) is 65.1 Å². The van der Waals surface area contributed by atoms with Crippen LogP contribution in [-0.2, 0) is 14.3 Å². The van der Waals surface area contributed by atoms with Gasteiger partial charge in [0.2, 0.25) is 0 Å². The van der Waals surface area contributed by atoms with Gasteiger partial charge in [-0.25, -0.2) is 4.79 Å². The molecule has 1 amide bonds. The molecule has 0 radical (unpaired) electrons. The molecule has 0 aromatic heterocycles. The average molecular weight is 446 g/mol. The van der Waals surface area contributed by atoms with Gasteiger partial charge in [-0.2, -0.15) is 0 Å². The third-order valence-corrected chi connectivity index (χ3v) is 5.93. The zero-order valence-electron chi connectivity index (χ0n) is 18.8. The molecule has 0 spiro atoms. The van der Waals surface area contributed by atoms with Gasteiger partial charge < -0.3 is 23.9 Å². The number of methoxy groups -OCH3 is 1. The standard InChI is InChI=1S/C27H27NO5/c1-28(15-20(16-29)19-11-13-21(14-12-19)33-18-31-2)27(30)32-17-26-24-9-5-3-7-22(24)23-8-4-6-10-25(23)26/h3-14,16,20,26H,15,17-18H2,1-2H3. The Balaban J connectivity index is 1.38. The summed E-state index contributed by atoms with van der Waals surface area (Å²) < 4.78 is 15.9. The number of benzene rings is 3. The normalized spacial score (nSPS) is 13.0. The first-order chi connectivity index (χ1) is 16.1. The maximum Gasteiger partial charge on any atom is 0.409 e. The number of carbonyl (C=O) groups is 2. The van der Waals surface area contributed by atoms with Crippen molar-refractivity contribution in [2.24, 2.45) is 0 Å². The Kier molecular flexibility index (Phi) is 7.05. The first-order valence-corrected chi connectivity index (χ1v) is 10.9. The van der Waals surface area contributed by atoms with Crippen LogP contribution in [0.15, 0.2) is 72.8 Å². The quantitative estimate of drug-likeness (QED) is 0.349. The molecule has 6 heteroatoms. The van der Waals surface area contributed by atoms with Crippen molar-refractivity contribution in [3.63, 3.8) is 0 Å². The van der Waals surface area contributed by atoms with Gasteiger partial charge in [0, 0.05) is 26.6 Å². The minimum atomic E-state index is -0.466. The minimum Gasteiger partial charge on any atom is -0.468 e. The number of hydrogen-bond acceptors (Lipinski definition) is 5. The van der Waals surface area contributed by atoms with Gasteiger partial charge in [-0.3, -0.25) is 0 Å². The van der Waals surface area contributed by atoms with Crippen LogP contribution in [0, 0.1) is 0 Å². The van der Waals surface area contributed by atoms with Crippen molar-refractivity contribution in [3.8, 4) is 16.9 Å². The van der Waals surface area contributed by atoms with Crippen molar-refractivity contribution in [3.05, 3.63) is 89.5 Å². The van der Waals surface area contributed by atoms with E-state index in [1.54, 1.807) is 26.3 Å². The maximum absolute atomic E-state index is 12.7. The molecule has 1 aliphatic rings. The molecular weight excluding hydrogens is 418 g/mol. The Morgan fingerprint density at radius 2 is 1.58 bits per heavy atom. The maximum atomic E-state index is 12.7. The summed E-state index contributed by atoms with van der Waals surface area (Å²) in [6.07, 6.45) is 0.391. The van der Waals surface area contributed by atoms with Crippen molar-refractivity contribution in [1.29, 1.82) is 0 Å². The second-order valence-electron chi connectivity index (χ2n) is 8.05. The lowest BCUT2D eigenvalue weighted by Crippen LogP contribution is -2.33. The minimum absolute atomic E-state index is 0.00346. The van der Waals surface area contributed by atoms with Crippen LogP contribution in [0.5, 0.6) is 5.75 Å². The van der Waals surface area contributed by atoms with Crippen LogP contribution >= 0.6 is 0 Å². The molecular formula is C27H27NO5. The fourth-order valence-electron chi connectivity index (χ4n) is 4.24. The lowest BCUT2D eigenvalue weighted by Gasteiger charge is -2.22. The summed E-state index contributed by atoms with van der Waals surface area (Å²) in [5.41, 5.74) is 5.49. The molecule has 3 aromatic rings. The van der Waals surface area contributed by atoms with Gasteiger partial charge in [-0.15, -0.1) is 0 Å². The Hall–Kier alpha value is -3.64. The van der Waals surface area contributed by atoms with Crippen molar-refractivity contribution >= 4 is 12.4 Å². The van der Waals surface area contributed by atoms with Crippen LogP contribution in [-0.4, -0.2) is 51.4 Å². The molecule has 33 heavy (non-hydrogen) atoms. The highest BCUT2D eigenvalue weighted by atomic mass is 16.7. The summed E-state index contributed by atoms with van der Waals surface area (Å²) in [4.78, 5) is 25.9. The predicted octanol–water partition coefficient (Wildman–Crippen LogP) is 4.83. The first kappa shape index (κ1) is 22.6. The van der Waals surface area contributed by atoms with E-state index in [0.717, 1.165) is 23.0 Å². The largest absolute Gasteiger partial charge is 0.468 e. The van der Waals surface area contributed by atoms with Crippen molar-refractivity contribution in [2.75, 3.05) is 34.1 Å². The predicted molar refractivity (Wildman–Crippen MR) is 125 cm³/mol. The molecule has 4 rings (SSSR count). The number of ether oxygens (including phenoxy) is 3. The highest BCUT2D eigenvalue weighted by Gasteiger charge is 2.29. The number of hydrogen-bond donors (Lipinski definition) is 0. The third-order valence-electron chi connectivity index (χ3n) is 5.93. The summed E-state index contributed by atoms with van der Waals surface area (Å²) in [7, 11) is 3.20. The van der Waals surface area contributed by atoms with Crippen LogP contribution < -0.4 is 4.74 Å². The van der Waals surface area contributed by atoms with E-state index >= 15 is 0 Å². The zero-order valence-corrected chi connectivity index (χ0v) is 18.8. The van der Waals surface area contributed by atoms with Crippen molar-refractivity contribution in [1.82, 2.24) is 4.90 Å². The second-order valence-corrected chi connectivity index (χ2v) is 8.05. The van der Waals surface area contributed by atoms with Gasteiger partial charge in [-0.1, -0.05) is 60.7 Å². The van der Waals surface area contributed by atoms with E-state index in [0.29, 0.717) is 5.75 Å². The van der Waals surface area contributed by atoms with E-state index in [1.165, 1.54) is 16.0 Å². The number of nitrogens with zero attached hydrogens (tertiary/aromatic N) is 1. The molecule has 0 N–H and O–H groups in total. The Morgan fingerprint density at radius 1 is 0.970 bits per heavy atom. The number of rotatable bonds is 9. The van der Waals surface area contributed by atoms with E-state index in [2.05, 4.69) is 24.3 Å². The fourth-order valence-corrected chi connectivity index (χ4v) is 4.24. The van der Waals surface area contributed by atoms with Crippen LogP contribution in [0.2, 0.25) is 0 Å². The van der Waals surface area contributed by atoms with Gasteiger partial charge in [-0.05, 0) is 39.9 Å². The van der Waals surface area contributed by atoms with Crippen LogP contribution in [0.25, 0.3) is 11.1 Å². The summed E-state index contributed by atoms with van der Waals surface area (Å²) >= 11 is 0.